The summed E-state index contributed by atoms with van der Waals surface area (Å²) in [6.45, 7) is 1.58. The lowest BCUT2D eigenvalue weighted by Crippen LogP contribution is -2.39. The standard InChI is InChI=1S/C22H24N4O2/c1-28-19-5-2-4-17(14-19)16-7-9-18(10-8-16)25-22(27)20-6-3-13-26(20)15-21-23-11-12-24-21/h2,4-5,7-12,14,20H,3,6,13,15H2,1H3,(H,23,24)(H,25,27). The smallest absolute Gasteiger partial charge is 0.241 e. The molecule has 1 aliphatic heterocycles. The highest BCUT2D eigenvalue weighted by Gasteiger charge is 2.31. The Kier molecular flexibility index (Phi) is 5.39. The number of nitrogens with zero attached hydrogens (tertiary/aromatic N) is 2. The van der Waals surface area contributed by atoms with Crippen LogP contribution in [-0.2, 0) is 11.3 Å². The van der Waals surface area contributed by atoms with Gasteiger partial charge in [-0.25, -0.2) is 4.98 Å². The minimum atomic E-state index is -0.122. The average Bonchev–Trinajstić information content (AvgIpc) is 3.41. The van der Waals surface area contributed by atoms with Crippen LogP contribution in [0.25, 0.3) is 11.1 Å². The number of hydrogen-bond donors (Lipinski definition) is 2. The van der Waals surface area contributed by atoms with E-state index in [1.807, 2.05) is 54.7 Å². The van der Waals surface area contributed by atoms with Gasteiger partial charge in [0.2, 0.25) is 5.91 Å². The molecule has 1 aliphatic rings. The second-order valence-corrected chi connectivity index (χ2v) is 6.96. The zero-order chi connectivity index (χ0) is 19.3. The van der Waals surface area contributed by atoms with Gasteiger partial charge in [0.1, 0.15) is 11.6 Å². The lowest BCUT2D eigenvalue weighted by molar-refractivity contribution is -0.120. The number of nitrogens with one attached hydrogen (secondary N) is 2. The second kappa shape index (κ2) is 8.27. The molecule has 2 N–H and O–H groups in total. The molecule has 0 saturated carbocycles. The van der Waals surface area contributed by atoms with Crippen molar-refractivity contribution in [2.45, 2.75) is 25.4 Å². The van der Waals surface area contributed by atoms with Crippen LogP contribution in [0.4, 0.5) is 5.69 Å². The minimum absolute atomic E-state index is 0.0400. The lowest BCUT2D eigenvalue weighted by atomic mass is 10.1. The largest absolute Gasteiger partial charge is 0.497 e. The van der Waals surface area contributed by atoms with Crippen LogP contribution >= 0.6 is 0 Å². The maximum absolute atomic E-state index is 12.8. The summed E-state index contributed by atoms with van der Waals surface area (Å²) in [5.74, 6) is 1.76. The van der Waals surface area contributed by atoms with Crippen LogP contribution in [0.15, 0.2) is 60.9 Å². The molecular formula is C22H24N4O2. The van der Waals surface area contributed by atoms with E-state index in [1.54, 1.807) is 13.3 Å². The maximum Gasteiger partial charge on any atom is 0.241 e. The Morgan fingerprint density at radius 2 is 2.11 bits per heavy atom. The third-order valence-corrected chi connectivity index (χ3v) is 5.13. The second-order valence-electron chi connectivity index (χ2n) is 6.96. The van der Waals surface area contributed by atoms with E-state index in [2.05, 4.69) is 20.2 Å². The summed E-state index contributed by atoms with van der Waals surface area (Å²) in [7, 11) is 1.66. The summed E-state index contributed by atoms with van der Waals surface area (Å²) in [6, 6.07) is 15.7. The summed E-state index contributed by atoms with van der Waals surface area (Å²) in [5, 5.41) is 3.06. The quantitative estimate of drug-likeness (QED) is 0.688. The summed E-state index contributed by atoms with van der Waals surface area (Å²) >= 11 is 0. The molecule has 144 valence electrons. The SMILES string of the molecule is COc1cccc(-c2ccc(NC(=O)C3CCCN3Cc3ncc[nH]3)cc2)c1. The van der Waals surface area contributed by atoms with Crippen LogP contribution in [0.5, 0.6) is 5.75 Å². The highest BCUT2D eigenvalue weighted by molar-refractivity contribution is 5.95. The Balaban J connectivity index is 1.41. The van der Waals surface area contributed by atoms with E-state index in [4.69, 9.17) is 4.74 Å². The van der Waals surface area contributed by atoms with Gasteiger partial charge in [-0.05, 0) is 54.8 Å². The molecule has 1 saturated heterocycles. The molecule has 0 radical (unpaired) electrons. The number of hydrogen-bond acceptors (Lipinski definition) is 4. The number of imidazole rings is 1. The van der Waals surface area contributed by atoms with Gasteiger partial charge in [-0.15, -0.1) is 0 Å². The molecule has 1 atom stereocenters. The van der Waals surface area contributed by atoms with Gasteiger partial charge in [0.25, 0.3) is 0 Å². The Hall–Kier alpha value is -3.12. The van der Waals surface area contributed by atoms with Crippen molar-refractivity contribution in [1.82, 2.24) is 14.9 Å². The maximum atomic E-state index is 12.8. The van der Waals surface area contributed by atoms with Crippen LogP contribution in [0.1, 0.15) is 18.7 Å². The Morgan fingerprint density at radius 1 is 1.25 bits per heavy atom. The van der Waals surface area contributed by atoms with Crippen LogP contribution < -0.4 is 10.1 Å². The van der Waals surface area contributed by atoms with Crippen molar-refractivity contribution in [3.05, 3.63) is 66.7 Å². The summed E-state index contributed by atoms with van der Waals surface area (Å²) in [4.78, 5) is 22.4. The molecule has 2 heterocycles. The number of ether oxygens (including phenoxy) is 1. The topological polar surface area (TPSA) is 70.2 Å². The van der Waals surface area contributed by atoms with Crippen LogP contribution in [-0.4, -0.2) is 40.5 Å². The molecule has 0 spiro atoms. The number of carbonyl (C=O) groups is 1. The molecule has 1 fully saturated rings. The summed E-state index contributed by atoms with van der Waals surface area (Å²) in [6.07, 6.45) is 5.44. The van der Waals surface area contributed by atoms with Crippen molar-refractivity contribution >= 4 is 11.6 Å². The number of aromatic nitrogens is 2. The number of benzene rings is 2. The number of rotatable bonds is 6. The molecular weight excluding hydrogens is 352 g/mol. The molecule has 1 unspecified atom stereocenters. The van der Waals surface area contributed by atoms with Crippen molar-refractivity contribution in [1.29, 1.82) is 0 Å². The zero-order valence-corrected chi connectivity index (χ0v) is 15.9. The zero-order valence-electron chi connectivity index (χ0n) is 15.9. The van der Waals surface area contributed by atoms with Gasteiger partial charge in [-0.1, -0.05) is 24.3 Å². The molecule has 6 heteroatoms. The van der Waals surface area contributed by atoms with E-state index in [0.29, 0.717) is 6.54 Å². The van der Waals surface area contributed by atoms with Gasteiger partial charge in [0.15, 0.2) is 0 Å². The average molecular weight is 376 g/mol. The highest BCUT2D eigenvalue weighted by Crippen LogP contribution is 2.26. The van der Waals surface area contributed by atoms with E-state index in [-0.39, 0.29) is 11.9 Å². The fourth-order valence-electron chi connectivity index (χ4n) is 3.66. The molecule has 0 aliphatic carbocycles. The molecule has 1 amide bonds. The molecule has 3 aromatic rings. The third kappa shape index (κ3) is 4.07. The Bertz CT molecular complexity index is 922. The van der Waals surface area contributed by atoms with E-state index < -0.39 is 0 Å². The van der Waals surface area contributed by atoms with Crippen molar-refractivity contribution in [2.24, 2.45) is 0 Å². The first kappa shape index (κ1) is 18.3. The van der Waals surface area contributed by atoms with Crippen LogP contribution in [0.2, 0.25) is 0 Å². The molecule has 0 bridgehead atoms. The monoisotopic (exact) mass is 376 g/mol. The van der Waals surface area contributed by atoms with Gasteiger partial charge in [0.05, 0.1) is 19.7 Å². The first-order chi connectivity index (χ1) is 13.7. The molecule has 2 aromatic carbocycles. The Labute approximate surface area is 164 Å². The van der Waals surface area contributed by atoms with Gasteiger partial charge >= 0.3 is 0 Å². The number of likely N-dealkylation sites (tertiary alicyclic amines) is 1. The number of methoxy groups -OCH3 is 1. The number of aromatic amines is 1. The number of H-pyrrole nitrogens is 1. The van der Waals surface area contributed by atoms with Gasteiger partial charge in [-0.3, -0.25) is 9.69 Å². The summed E-state index contributed by atoms with van der Waals surface area (Å²) in [5.41, 5.74) is 2.97. The van der Waals surface area contributed by atoms with Gasteiger partial charge in [-0.2, -0.15) is 0 Å². The fourth-order valence-corrected chi connectivity index (χ4v) is 3.66. The normalized spacial score (nSPS) is 16.8. The van der Waals surface area contributed by atoms with Gasteiger partial charge < -0.3 is 15.0 Å². The van der Waals surface area contributed by atoms with Crippen molar-refractivity contribution < 1.29 is 9.53 Å². The molecule has 28 heavy (non-hydrogen) atoms. The van der Waals surface area contributed by atoms with Crippen molar-refractivity contribution in [2.75, 3.05) is 19.0 Å². The van der Waals surface area contributed by atoms with Gasteiger partial charge in [0, 0.05) is 18.1 Å². The first-order valence-corrected chi connectivity index (χ1v) is 9.50. The predicted molar refractivity (Wildman–Crippen MR) is 109 cm³/mol. The third-order valence-electron chi connectivity index (χ3n) is 5.13. The first-order valence-electron chi connectivity index (χ1n) is 9.50. The van der Waals surface area contributed by atoms with Crippen molar-refractivity contribution in [3.8, 4) is 16.9 Å². The number of carbonyl (C=O) groups excluding carboxylic acids is 1. The van der Waals surface area contributed by atoms with E-state index in [1.165, 1.54) is 0 Å². The fraction of sp³-hybridized carbons (Fsp3) is 0.273. The number of amides is 1. The van der Waals surface area contributed by atoms with Crippen molar-refractivity contribution in [3.63, 3.8) is 0 Å². The van der Waals surface area contributed by atoms with E-state index in [0.717, 1.165) is 47.8 Å². The minimum Gasteiger partial charge on any atom is -0.497 e. The number of anilines is 1. The predicted octanol–water partition coefficient (Wildman–Crippen LogP) is 3.69. The van der Waals surface area contributed by atoms with Crippen LogP contribution in [0.3, 0.4) is 0 Å². The molecule has 1 aromatic heterocycles. The van der Waals surface area contributed by atoms with E-state index >= 15 is 0 Å². The summed E-state index contributed by atoms with van der Waals surface area (Å²) < 4.78 is 5.29. The van der Waals surface area contributed by atoms with Crippen LogP contribution in [0, 0.1) is 0 Å². The lowest BCUT2D eigenvalue weighted by Gasteiger charge is -2.22. The molecule has 4 rings (SSSR count). The highest BCUT2D eigenvalue weighted by atomic mass is 16.5. The Morgan fingerprint density at radius 3 is 2.86 bits per heavy atom. The molecule has 6 nitrogen and oxygen atoms in total. The van der Waals surface area contributed by atoms with E-state index in [9.17, 15) is 4.79 Å².